The van der Waals surface area contributed by atoms with Crippen LogP contribution in [0.4, 0.5) is 9.18 Å². The Kier molecular flexibility index (Phi) is 5.31. The summed E-state index contributed by atoms with van der Waals surface area (Å²) < 4.78 is 23.8. The van der Waals surface area contributed by atoms with Crippen molar-refractivity contribution in [2.24, 2.45) is 0 Å². The van der Waals surface area contributed by atoms with Gasteiger partial charge < -0.3 is 19.7 Å². The molecule has 2 amide bonds. The lowest BCUT2D eigenvalue weighted by molar-refractivity contribution is 0.0290. The van der Waals surface area contributed by atoms with E-state index < -0.39 is 23.4 Å². The van der Waals surface area contributed by atoms with Crippen molar-refractivity contribution >= 4 is 12.0 Å². The zero-order valence-corrected chi connectivity index (χ0v) is 14.4. The number of hydrogen-bond acceptors (Lipinski definition) is 4. The first-order chi connectivity index (χ1) is 11.2. The maximum atomic E-state index is 13.4. The van der Waals surface area contributed by atoms with E-state index in [0.717, 1.165) is 6.07 Å². The number of halogens is 1. The molecule has 1 atom stereocenters. The second-order valence-corrected chi connectivity index (χ2v) is 6.73. The van der Waals surface area contributed by atoms with E-state index >= 15 is 0 Å². The normalized spacial score (nSPS) is 17.5. The van der Waals surface area contributed by atoms with Crippen molar-refractivity contribution in [1.82, 2.24) is 10.2 Å². The highest BCUT2D eigenvalue weighted by atomic mass is 19.1. The molecular weight excluding hydrogens is 315 g/mol. The van der Waals surface area contributed by atoms with Crippen molar-refractivity contribution < 1.29 is 23.5 Å². The van der Waals surface area contributed by atoms with Gasteiger partial charge in [0, 0.05) is 19.1 Å². The van der Waals surface area contributed by atoms with Crippen LogP contribution in [0.15, 0.2) is 18.2 Å². The lowest BCUT2D eigenvalue weighted by Gasteiger charge is -2.24. The first kappa shape index (κ1) is 18.0. The van der Waals surface area contributed by atoms with E-state index in [1.165, 1.54) is 19.2 Å². The Morgan fingerprint density at radius 3 is 2.67 bits per heavy atom. The standard InChI is InChI=1S/C17H23FN2O4/c1-17(2,3)24-16(22)20-8-7-12(10-20)19-15(21)13-9-11(18)5-6-14(13)23-4/h5-6,9,12H,7-8,10H2,1-4H3,(H,19,21)/t12-/m0/s1. The summed E-state index contributed by atoms with van der Waals surface area (Å²) in [6, 6.07) is 3.56. The molecular formula is C17H23FN2O4. The molecule has 0 saturated carbocycles. The molecule has 7 heteroatoms. The van der Waals surface area contributed by atoms with E-state index in [2.05, 4.69) is 5.32 Å². The van der Waals surface area contributed by atoms with Crippen LogP contribution in [0.25, 0.3) is 0 Å². The van der Waals surface area contributed by atoms with Gasteiger partial charge in [0.15, 0.2) is 0 Å². The molecule has 1 saturated heterocycles. The summed E-state index contributed by atoms with van der Waals surface area (Å²) in [5, 5.41) is 2.81. The number of methoxy groups -OCH3 is 1. The van der Waals surface area contributed by atoms with Crippen molar-refractivity contribution in [2.75, 3.05) is 20.2 Å². The van der Waals surface area contributed by atoms with Crippen LogP contribution in [0.1, 0.15) is 37.6 Å². The van der Waals surface area contributed by atoms with E-state index in [9.17, 15) is 14.0 Å². The molecule has 1 fully saturated rings. The largest absolute Gasteiger partial charge is 0.496 e. The maximum absolute atomic E-state index is 13.4. The number of amides is 2. The third kappa shape index (κ3) is 4.59. The minimum Gasteiger partial charge on any atom is -0.496 e. The quantitative estimate of drug-likeness (QED) is 0.920. The van der Waals surface area contributed by atoms with Crippen molar-refractivity contribution in [3.8, 4) is 5.75 Å². The first-order valence-corrected chi connectivity index (χ1v) is 7.82. The van der Waals surface area contributed by atoms with Crippen LogP contribution in [-0.4, -0.2) is 48.7 Å². The maximum Gasteiger partial charge on any atom is 0.410 e. The number of ether oxygens (including phenoxy) is 2. The zero-order chi connectivity index (χ0) is 17.9. The van der Waals surface area contributed by atoms with E-state index in [4.69, 9.17) is 9.47 Å². The third-order valence-corrected chi connectivity index (χ3v) is 3.58. The molecule has 132 valence electrons. The zero-order valence-electron chi connectivity index (χ0n) is 14.4. The summed E-state index contributed by atoms with van der Waals surface area (Å²) >= 11 is 0. The van der Waals surface area contributed by atoms with Gasteiger partial charge in [-0.1, -0.05) is 0 Å². The fraction of sp³-hybridized carbons (Fsp3) is 0.529. The Morgan fingerprint density at radius 2 is 2.04 bits per heavy atom. The summed E-state index contributed by atoms with van der Waals surface area (Å²) in [7, 11) is 1.42. The molecule has 1 aromatic rings. The van der Waals surface area contributed by atoms with Crippen LogP contribution in [0.3, 0.4) is 0 Å². The van der Waals surface area contributed by atoms with Gasteiger partial charge in [-0.05, 0) is 45.4 Å². The Bertz CT molecular complexity index is 628. The smallest absolute Gasteiger partial charge is 0.410 e. The molecule has 0 spiro atoms. The first-order valence-electron chi connectivity index (χ1n) is 7.82. The molecule has 0 unspecified atom stereocenters. The molecule has 2 rings (SSSR count). The molecule has 0 radical (unpaired) electrons. The molecule has 1 aromatic carbocycles. The van der Waals surface area contributed by atoms with Crippen LogP contribution in [0.2, 0.25) is 0 Å². The number of carbonyl (C=O) groups is 2. The molecule has 24 heavy (non-hydrogen) atoms. The average Bonchev–Trinajstić information content (AvgIpc) is 2.94. The lowest BCUT2D eigenvalue weighted by atomic mass is 10.1. The number of nitrogens with one attached hydrogen (secondary N) is 1. The monoisotopic (exact) mass is 338 g/mol. The fourth-order valence-corrected chi connectivity index (χ4v) is 2.49. The Labute approximate surface area is 140 Å². The number of carbonyl (C=O) groups excluding carboxylic acids is 2. The number of rotatable bonds is 3. The SMILES string of the molecule is COc1ccc(F)cc1C(=O)N[C@H]1CCN(C(=O)OC(C)(C)C)C1. The number of hydrogen-bond donors (Lipinski definition) is 1. The van der Waals surface area contributed by atoms with E-state index in [0.29, 0.717) is 25.3 Å². The van der Waals surface area contributed by atoms with Gasteiger partial charge >= 0.3 is 6.09 Å². The van der Waals surface area contributed by atoms with Crippen LogP contribution in [-0.2, 0) is 4.74 Å². The summed E-state index contributed by atoms with van der Waals surface area (Å²) in [6.07, 6.45) is 0.213. The van der Waals surface area contributed by atoms with E-state index in [1.54, 1.807) is 25.7 Å². The van der Waals surface area contributed by atoms with Crippen molar-refractivity contribution in [3.63, 3.8) is 0 Å². The van der Waals surface area contributed by atoms with Crippen LogP contribution in [0.5, 0.6) is 5.75 Å². The van der Waals surface area contributed by atoms with Gasteiger partial charge in [-0.15, -0.1) is 0 Å². The topological polar surface area (TPSA) is 67.9 Å². The summed E-state index contributed by atoms with van der Waals surface area (Å²) in [6.45, 7) is 6.27. The second kappa shape index (κ2) is 7.07. The van der Waals surface area contributed by atoms with Crippen LogP contribution in [0, 0.1) is 5.82 Å². The van der Waals surface area contributed by atoms with Crippen molar-refractivity contribution in [2.45, 2.75) is 38.8 Å². The average molecular weight is 338 g/mol. The minimum atomic E-state index is -0.562. The highest BCUT2D eigenvalue weighted by Gasteiger charge is 2.31. The fourth-order valence-electron chi connectivity index (χ4n) is 2.49. The lowest BCUT2D eigenvalue weighted by Crippen LogP contribution is -2.40. The van der Waals surface area contributed by atoms with Gasteiger partial charge in [0.05, 0.1) is 12.7 Å². The van der Waals surface area contributed by atoms with Gasteiger partial charge in [-0.3, -0.25) is 4.79 Å². The second-order valence-electron chi connectivity index (χ2n) is 6.73. The number of benzene rings is 1. The molecule has 1 aliphatic rings. The van der Waals surface area contributed by atoms with Crippen LogP contribution < -0.4 is 10.1 Å². The van der Waals surface area contributed by atoms with E-state index in [1.807, 2.05) is 0 Å². The van der Waals surface area contributed by atoms with Crippen LogP contribution >= 0.6 is 0 Å². The van der Waals surface area contributed by atoms with Gasteiger partial charge in [0.2, 0.25) is 0 Å². The van der Waals surface area contributed by atoms with Gasteiger partial charge in [0.25, 0.3) is 5.91 Å². The van der Waals surface area contributed by atoms with Gasteiger partial charge in [0.1, 0.15) is 17.2 Å². The Morgan fingerprint density at radius 1 is 1.33 bits per heavy atom. The molecule has 0 aliphatic carbocycles. The molecule has 6 nitrogen and oxygen atoms in total. The van der Waals surface area contributed by atoms with Crippen molar-refractivity contribution in [3.05, 3.63) is 29.6 Å². The minimum absolute atomic E-state index is 0.133. The summed E-state index contributed by atoms with van der Waals surface area (Å²) in [5.74, 6) is -0.638. The third-order valence-electron chi connectivity index (χ3n) is 3.58. The van der Waals surface area contributed by atoms with Gasteiger partial charge in [-0.25, -0.2) is 9.18 Å². The highest BCUT2D eigenvalue weighted by Crippen LogP contribution is 2.20. The highest BCUT2D eigenvalue weighted by molar-refractivity contribution is 5.97. The summed E-state index contributed by atoms with van der Waals surface area (Å²) in [4.78, 5) is 25.9. The molecule has 0 bridgehead atoms. The number of nitrogens with zero attached hydrogens (tertiary/aromatic N) is 1. The molecule has 0 aromatic heterocycles. The molecule has 1 N–H and O–H groups in total. The molecule has 1 aliphatic heterocycles. The Balaban J connectivity index is 1.97. The predicted molar refractivity (Wildman–Crippen MR) is 86.6 cm³/mol. The summed E-state index contributed by atoms with van der Waals surface area (Å²) in [5.41, 5.74) is -0.430. The molecule has 1 heterocycles. The number of likely N-dealkylation sites (tertiary alicyclic amines) is 1. The van der Waals surface area contributed by atoms with E-state index in [-0.39, 0.29) is 11.6 Å². The van der Waals surface area contributed by atoms with Crippen molar-refractivity contribution in [1.29, 1.82) is 0 Å². The van der Waals surface area contributed by atoms with Gasteiger partial charge in [-0.2, -0.15) is 0 Å². The predicted octanol–water partition coefficient (Wildman–Crippen LogP) is 2.57. The Hall–Kier alpha value is -2.31.